The van der Waals surface area contributed by atoms with Gasteiger partial charge in [-0.25, -0.2) is 0 Å². The number of carboxylic acid groups (broad SMARTS) is 1. The summed E-state index contributed by atoms with van der Waals surface area (Å²) in [6.07, 6.45) is 7.45. The van der Waals surface area contributed by atoms with Crippen LogP contribution in [-0.4, -0.2) is 24.3 Å². The molecule has 1 rings (SSSR count). The Hall–Kier alpha value is -0.570. The number of ether oxygens (including phenoxy) is 1. The lowest BCUT2D eigenvalue weighted by atomic mass is 9.84. The summed E-state index contributed by atoms with van der Waals surface area (Å²) in [7, 11) is 0. The van der Waals surface area contributed by atoms with E-state index in [0.29, 0.717) is 5.92 Å². The highest BCUT2D eigenvalue weighted by molar-refractivity contribution is 5.70. The predicted molar refractivity (Wildman–Crippen MR) is 63.4 cm³/mol. The highest BCUT2D eigenvalue weighted by Gasteiger charge is 2.28. The number of carbonyl (C=O) groups is 1. The van der Waals surface area contributed by atoms with Crippen LogP contribution in [0.25, 0.3) is 0 Å². The van der Waals surface area contributed by atoms with Gasteiger partial charge >= 0.3 is 5.97 Å². The van der Waals surface area contributed by atoms with Gasteiger partial charge in [-0.3, -0.25) is 4.79 Å². The van der Waals surface area contributed by atoms with Crippen LogP contribution in [0.2, 0.25) is 0 Å². The van der Waals surface area contributed by atoms with E-state index in [2.05, 4.69) is 0 Å². The number of aliphatic carboxylic acids is 1. The molecule has 16 heavy (non-hydrogen) atoms. The van der Waals surface area contributed by atoms with Gasteiger partial charge in [-0.1, -0.05) is 19.3 Å². The van der Waals surface area contributed by atoms with Gasteiger partial charge in [0.05, 0.1) is 5.92 Å². The molecule has 1 fully saturated rings. The van der Waals surface area contributed by atoms with Crippen molar-refractivity contribution in [2.24, 2.45) is 11.8 Å². The van der Waals surface area contributed by atoms with Crippen molar-refractivity contribution in [1.82, 2.24) is 0 Å². The average molecular weight is 228 g/mol. The molecular formula is C13H24O3. The maximum Gasteiger partial charge on any atom is 0.306 e. The molecule has 1 N–H and O–H groups in total. The van der Waals surface area contributed by atoms with Crippen molar-refractivity contribution in [2.75, 3.05) is 13.2 Å². The van der Waals surface area contributed by atoms with Crippen LogP contribution in [0.5, 0.6) is 0 Å². The van der Waals surface area contributed by atoms with E-state index in [4.69, 9.17) is 4.74 Å². The summed E-state index contributed by atoms with van der Waals surface area (Å²) in [6, 6.07) is 0. The lowest BCUT2D eigenvalue weighted by Crippen LogP contribution is -2.23. The Morgan fingerprint density at radius 3 is 2.75 bits per heavy atom. The van der Waals surface area contributed by atoms with Gasteiger partial charge in [0.25, 0.3) is 0 Å². The van der Waals surface area contributed by atoms with E-state index in [1.807, 2.05) is 6.92 Å². The van der Waals surface area contributed by atoms with Crippen LogP contribution in [0.1, 0.15) is 51.9 Å². The summed E-state index contributed by atoms with van der Waals surface area (Å²) in [6.45, 7) is 3.53. The van der Waals surface area contributed by atoms with Gasteiger partial charge in [0.2, 0.25) is 0 Å². The molecule has 0 amide bonds. The Labute approximate surface area is 98.2 Å². The van der Waals surface area contributed by atoms with E-state index in [-0.39, 0.29) is 5.92 Å². The summed E-state index contributed by atoms with van der Waals surface area (Å²) in [5, 5.41) is 9.21. The van der Waals surface area contributed by atoms with Crippen LogP contribution in [-0.2, 0) is 9.53 Å². The van der Waals surface area contributed by atoms with E-state index >= 15 is 0 Å². The average Bonchev–Trinajstić information content (AvgIpc) is 2.49. The first-order valence-electron chi connectivity index (χ1n) is 6.56. The predicted octanol–water partition coefficient (Wildman–Crippen LogP) is 3.08. The fraction of sp³-hybridized carbons (Fsp3) is 0.923. The molecule has 0 bridgehead atoms. The van der Waals surface area contributed by atoms with Crippen molar-refractivity contribution in [2.45, 2.75) is 51.9 Å². The van der Waals surface area contributed by atoms with Crippen molar-refractivity contribution >= 4 is 5.97 Å². The molecule has 94 valence electrons. The molecule has 2 unspecified atom stereocenters. The Morgan fingerprint density at radius 1 is 1.31 bits per heavy atom. The minimum absolute atomic E-state index is 0.107. The fourth-order valence-electron chi connectivity index (χ4n) is 2.65. The van der Waals surface area contributed by atoms with Gasteiger partial charge in [0.15, 0.2) is 0 Å². The smallest absolute Gasteiger partial charge is 0.306 e. The van der Waals surface area contributed by atoms with Crippen molar-refractivity contribution in [1.29, 1.82) is 0 Å². The van der Waals surface area contributed by atoms with Gasteiger partial charge in [0, 0.05) is 13.2 Å². The summed E-state index contributed by atoms with van der Waals surface area (Å²) in [5.74, 6) is -0.326. The number of carboxylic acids is 1. The van der Waals surface area contributed by atoms with Crippen LogP contribution >= 0.6 is 0 Å². The third-order valence-corrected chi connectivity index (χ3v) is 3.54. The molecule has 0 aromatic heterocycles. The van der Waals surface area contributed by atoms with E-state index in [0.717, 1.165) is 45.3 Å². The lowest BCUT2D eigenvalue weighted by molar-refractivity contribution is -0.144. The maximum atomic E-state index is 11.2. The normalized spacial score (nSPS) is 26.3. The van der Waals surface area contributed by atoms with Crippen LogP contribution in [0.4, 0.5) is 0 Å². The van der Waals surface area contributed by atoms with Gasteiger partial charge in [-0.05, 0) is 38.5 Å². The summed E-state index contributed by atoms with van der Waals surface area (Å²) in [5.41, 5.74) is 0. The first-order valence-corrected chi connectivity index (χ1v) is 6.56. The molecule has 0 aliphatic heterocycles. The molecule has 0 saturated heterocycles. The van der Waals surface area contributed by atoms with Crippen LogP contribution in [0, 0.1) is 11.8 Å². The minimum atomic E-state index is -0.594. The molecule has 0 radical (unpaired) electrons. The second-order valence-electron chi connectivity index (χ2n) is 4.68. The molecule has 1 aliphatic rings. The van der Waals surface area contributed by atoms with Gasteiger partial charge in [-0.2, -0.15) is 0 Å². The number of rotatable bonds is 6. The number of hydrogen-bond donors (Lipinski definition) is 1. The van der Waals surface area contributed by atoms with Crippen molar-refractivity contribution in [3.8, 4) is 0 Å². The highest BCUT2D eigenvalue weighted by Crippen LogP contribution is 2.32. The third-order valence-electron chi connectivity index (χ3n) is 3.54. The molecule has 2 atom stereocenters. The van der Waals surface area contributed by atoms with E-state index in [1.54, 1.807) is 0 Å². The van der Waals surface area contributed by atoms with Crippen molar-refractivity contribution in [3.05, 3.63) is 0 Å². The van der Waals surface area contributed by atoms with Crippen LogP contribution in [0.3, 0.4) is 0 Å². The zero-order valence-electron chi connectivity index (χ0n) is 10.3. The van der Waals surface area contributed by atoms with Gasteiger partial charge in [-0.15, -0.1) is 0 Å². The highest BCUT2D eigenvalue weighted by atomic mass is 16.5. The van der Waals surface area contributed by atoms with E-state index in [1.165, 1.54) is 12.8 Å². The Kier molecular flexibility index (Phi) is 6.46. The second-order valence-corrected chi connectivity index (χ2v) is 4.68. The summed E-state index contributed by atoms with van der Waals surface area (Å²) in [4.78, 5) is 11.2. The summed E-state index contributed by atoms with van der Waals surface area (Å²) >= 11 is 0. The Morgan fingerprint density at radius 2 is 2.06 bits per heavy atom. The molecule has 1 aliphatic carbocycles. The quantitative estimate of drug-likeness (QED) is 0.561. The molecule has 0 heterocycles. The molecule has 3 heteroatoms. The summed E-state index contributed by atoms with van der Waals surface area (Å²) < 4.78 is 5.30. The zero-order chi connectivity index (χ0) is 11.8. The molecule has 1 saturated carbocycles. The molecule has 0 aromatic carbocycles. The first kappa shape index (κ1) is 13.5. The maximum absolute atomic E-state index is 11.2. The van der Waals surface area contributed by atoms with Crippen LogP contribution < -0.4 is 0 Å². The zero-order valence-corrected chi connectivity index (χ0v) is 10.3. The Bertz CT molecular complexity index is 203. The third kappa shape index (κ3) is 4.52. The van der Waals surface area contributed by atoms with Gasteiger partial charge < -0.3 is 9.84 Å². The monoisotopic (exact) mass is 228 g/mol. The topological polar surface area (TPSA) is 46.5 Å². The largest absolute Gasteiger partial charge is 0.481 e. The number of hydrogen-bond acceptors (Lipinski definition) is 2. The second kappa shape index (κ2) is 7.66. The van der Waals surface area contributed by atoms with Crippen molar-refractivity contribution in [3.63, 3.8) is 0 Å². The molecular weight excluding hydrogens is 204 g/mol. The van der Waals surface area contributed by atoms with E-state index in [9.17, 15) is 9.90 Å². The first-order chi connectivity index (χ1) is 7.75. The van der Waals surface area contributed by atoms with Gasteiger partial charge in [0.1, 0.15) is 0 Å². The molecule has 0 spiro atoms. The molecule has 0 aromatic rings. The fourth-order valence-corrected chi connectivity index (χ4v) is 2.65. The molecule has 3 nitrogen and oxygen atoms in total. The van der Waals surface area contributed by atoms with Crippen molar-refractivity contribution < 1.29 is 14.6 Å². The van der Waals surface area contributed by atoms with E-state index < -0.39 is 5.97 Å². The Balaban J connectivity index is 2.35. The van der Waals surface area contributed by atoms with Crippen LogP contribution in [0.15, 0.2) is 0 Å². The standard InChI is InChI=1S/C13H24O3/c1-2-16-10-6-8-11-7-4-3-5-9-12(11)13(14)15/h11-12H,2-10H2,1H3,(H,14,15). The minimum Gasteiger partial charge on any atom is -0.481 e. The SMILES string of the molecule is CCOCCCC1CCCCCC1C(=O)O. The lowest BCUT2D eigenvalue weighted by Gasteiger charge is -2.21.